The van der Waals surface area contributed by atoms with Crippen molar-refractivity contribution in [1.29, 1.82) is 0 Å². The Hall–Kier alpha value is -2.00. The number of aldehydes is 1. The number of carbonyl (C=O) groups is 1. The van der Waals surface area contributed by atoms with E-state index >= 15 is 0 Å². The van der Waals surface area contributed by atoms with Gasteiger partial charge in [0.1, 0.15) is 6.29 Å². The van der Waals surface area contributed by atoms with E-state index < -0.39 is 0 Å². The van der Waals surface area contributed by atoms with Gasteiger partial charge in [0, 0.05) is 17.1 Å². The molecular weight excluding hydrogens is 230 g/mol. The van der Waals surface area contributed by atoms with E-state index in [-0.39, 0.29) is 0 Å². The number of carbonyl (C=O) groups excluding carboxylic acids is 1. The van der Waals surface area contributed by atoms with E-state index in [0.29, 0.717) is 0 Å². The summed E-state index contributed by atoms with van der Waals surface area (Å²) in [7, 11) is 0. The van der Waals surface area contributed by atoms with Crippen molar-refractivity contribution >= 4 is 27.9 Å². The molecule has 0 saturated carbocycles. The number of fused-ring (bicyclic) bond motifs is 1. The summed E-state index contributed by atoms with van der Waals surface area (Å²) >= 11 is 1.54. The van der Waals surface area contributed by atoms with Crippen LogP contribution in [0.3, 0.4) is 0 Å². The molecule has 0 radical (unpaired) electrons. The number of benzene rings is 2. The molecule has 0 unspecified atom stereocenters. The van der Waals surface area contributed by atoms with Gasteiger partial charge in [0.05, 0.1) is 4.70 Å². The molecule has 17 heavy (non-hydrogen) atoms. The Labute approximate surface area is 104 Å². The van der Waals surface area contributed by atoms with E-state index in [2.05, 4.69) is 16.5 Å². The van der Waals surface area contributed by atoms with Crippen molar-refractivity contribution < 1.29 is 4.79 Å². The molecule has 0 saturated heterocycles. The lowest BCUT2D eigenvalue weighted by Crippen LogP contribution is -1.73. The van der Waals surface area contributed by atoms with Crippen LogP contribution < -0.4 is 0 Å². The number of nitrogens with zero attached hydrogens (tertiary/aromatic N) is 1. The van der Waals surface area contributed by atoms with Crippen LogP contribution in [0, 0.1) is 0 Å². The Kier molecular flexibility index (Phi) is 4.00. The minimum atomic E-state index is 0.729. The Balaban J connectivity index is 0.000000128. The molecule has 3 heteroatoms. The summed E-state index contributed by atoms with van der Waals surface area (Å²) < 4.78 is 5.30. The average molecular weight is 241 g/mol. The Morgan fingerprint density at radius 1 is 0.941 bits per heavy atom. The normalized spacial score (nSPS) is 9.41. The number of hydrogen-bond donors (Lipinski definition) is 0. The van der Waals surface area contributed by atoms with Crippen molar-refractivity contribution in [2.24, 2.45) is 0 Å². The summed E-state index contributed by atoms with van der Waals surface area (Å²) in [5, 5.41) is 1.24. The summed E-state index contributed by atoms with van der Waals surface area (Å²) in [4.78, 5) is 10.0. The third-order valence-electron chi connectivity index (χ3n) is 2.20. The zero-order chi connectivity index (χ0) is 11.9. The van der Waals surface area contributed by atoms with Crippen LogP contribution in [0.15, 0.2) is 60.8 Å². The van der Waals surface area contributed by atoms with Gasteiger partial charge in [-0.05, 0) is 17.6 Å². The lowest BCUT2D eigenvalue weighted by atomic mass is 10.2. The highest BCUT2D eigenvalue weighted by molar-refractivity contribution is 7.13. The van der Waals surface area contributed by atoms with Crippen LogP contribution in [0.4, 0.5) is 0 Å². The van der Waals surface area contributed by atoms with Crippen LogP contribution in [0.5, 0.6) is 0 Å². The molecule has 3 rings (SSSR count). The minimum Gasteiger partial charge on any atom is -0.298 e. The molecule has 1 aromatic heterocycles. The Morgan fingerprint density at radius 2 is 1.65 bits per heavy atom. The first-order valence-electron chi connectivity index (χ1n) is 5.20. The zero-order valence-corrected chi connectivity index (χ0v) is 9.93. The van der Waals surface area contributed by atoms with Gasteiger partial charge in [-0.25, -0.2) is 0 Å². The molecule has 0 aliphatic heterocycles. The molecule has 0 atom stereocenters. The molecule has 0 N–H and O–H groups in total. The van der Waals surface area contributed by atoms with E-state index in [4.69, 9.17) is 0 Å². The summed E-state index contributed by atoms with van der Waals surface area (Å²) in [6.07, 6.45) is 2.72. The van der Waals surface area contributed by atoms with Crippen molar-refractivity contribution in [3.05, 3.63) is 66.4 Å². The maximum atomic E-state index is 10.0. The summed E-state index contributed by atoms with van der Waals surface area (Å²) in [6, 6.07) is 17.3. The predicted molar refractivity (Wildman–Crippen MR) is 71.4 cm³/mol. The van der Waals surface area contributed by atoms with Crippen LogP contribution in [0.1, 0.15) is 10.4 Å². The number of aromatic nitrogens is 1. The molecule has 0 spiro atoms. The lowest BCUT2D eigenvalue weighted by molar-refractivity contribution is 0.112. The molecular formula is C14H11NOS. The first-order valence-corrected chi connectivity index (χ1v) is 5.97. The van der Waals surface area contributed by atoms with Crippen molar-refractivity contribution in [3.8, 4) is 0 Å². The van der Waals surface area contributed by atoms with Crippen LogP contribution in [0.2, 0.25) is 0 Å². The monoisotopic (exact) mass is 241 g/mol. The van der Waals surface area contributed by atoms with Gasteiger partial charge in [-0.15, -0.1) is 0 Å². The van der Waals surface area contributed by atoms with E-state index in [0.717, 1.165) is 11.8 Å². The molecule has 2 nitrogen and oxygen atoms in total. The highest BCUT2D eigenvalue weighted by Crippen LogP contribution is 2.15. The smallest absolute Gasteiger partial charge is 0.150 e. The molecule has 2 aromatic carbocycles. The van der Waals surface area contributed by atoms with Crippen LogP contribution in [0.25, 0.3) is 10.1 Å². The first-order chi connectivity index (χ1) is 8.40. The standard InChI is InChI=1S/C7H5NS.C7H6O/c1-2-4-7-6(3-1)5-8-9-7;8-6-7-4-2-1-3-5-7/h1-5H;1-6H. The van der Waals surface area contributed by atoms with E-state index in [1.54, 1.807) is 12.1 Å². The van der Waals surface area contributed by atoms with Gasteiger partial charge in [0.15, 0.2) is 0 Å². The molecule has 0 bridgehead atoms. The first kappa shape index (κ1) is 11.5. The highest BCUT2D eigenvalue weighted by Gasteiger charge is 1.89. The highest BCUT2D eigenvalue weighted by atomic mass is 32.1. The summed E-state index contributed by atoms with van der Waals surface area (Å²) in [5.74, 6) is 0. The second kappa shape index (κ2) is 5.92. The molecule has 0 aliphatic rings. The zero-order valence-electron chi connectivity index (χ0n) is 9.11. The average Bonchev–Trinajstić information content (AvgIpc) is 2.89. The van der Waals surface area contributed by atoms with E-state index in [9.17, 15) is 4.79 Å². The fourth-order valence-electron chi connectivity index (χ4n) is 1.34. The third-order valence-corrected chi connectivity index (χ3v) is 2.98. The van der Waals surface area contributed by atoms with Gasteiger partial charge in [-0.3, -0.25) is 4.79 Å². The lowest BCUT2D eigenvalue weighted by Gasteiger charge is -1.81. The van der Waals surface area contributed by atoms with Crippen molar-refractivity contribution in [2.45, 2.75) is 0 Å². The van der Waals surface area contributed by atoms with E-state index in [1.165, 1.54) is 21.6 Å². The topological polar surface area (TPSA) is 30.0 Å². The van der Waals surface area contributed by atoms with Crippen molar-refractivity contribution in [2.75, 3.05) is 0 Å². The molecule has 3 aromatic rings. The van der Waals surface area contributed by atoms with Gasteiger partial charge in [-0.1, -0.05) is 48.5 Å². The minimum absolute atomic E-state index is 0.729. The summed E-state index contributed by atoms with van der Waals surface area (Å²) in [5.41, 5.74) is 0.729. The summed E-state index contributed by atoms with van der Waals surface area (Å²) in [6.45, 7) is 0. The quantitative estimate of drug-likeness (QED) is 0.607. The molecule has 0 fully saturated rings. The van der Waals surface area contributed by atoms with Gasteiger partial charge in [-0.2, -0.15) is 4.37 Å². The van der Waals surface area contributed by atoms with Crippen LogP contribution >= 0.6 is 11.5 Å². The Morgan fingerprint density at radius 3 is 2.29 bits per heavy atom. The third kappa shape index (κ3) is 3.23. The molecule has 1 heterocycles. The Bertz CT molecular complexity index is 559. The van der Waals surface area contributed by atoms with Crippen LogP contribution in [-0.4, -0.2) is 10.7 Å². The molecule has 84 valence electrons. The van der Waals surface area contributed by atoms with Gasteiger partial charge >= 0.3 is 0 Å². The number of rotatable bonds is 1. The molecule has 0 aliphatic carbocycles. The van der Waals surface area contributed by atoms with E-state index in [1.807, 2.05) is 36.5 Å². The molecule has 0 amide bonds. The van der Waals surface area contributed by atoms with Crippen molar-refractivity contribution in [1.82, 2.24) is 4.37 Å². The predicted octanol–water partition coefficient (Wildman–Crippen LogP) is 3.80. The fourth-order valence-corrected chi connectivity index (χ4v) is 1.99. The van der Waals surface area contributed by atoms with Gasteiger partial charge < -0.3 is 0 Å². The maximum Gasteiger partial charge on any atom is 0.150 e. The fraction of sp³-hybridized carbons (Fsp3) is 0. The van der Waals surface area contributed by atoms with Crippen molar-refractivity contribution in [3.63, 3.8) is 0 Å². The number of hydrogen-bond acceptors (Lipinski definition) is 3. The SMILES string of the molecule is O=Cc1ccccc1.c1ccc2sncc2c1. The second-order valence-corrected chi connectivity index (χ2v) is 4.23. The second-order valence-electron chi connectivity index (χ2n) is 3.39. The van der Waals surface area contributed by atoms with Gasteiger partial charge in [0.25, 0.3) is 0 Å². The van der Waals surface area contributed by atoms with Gasteiger partial charge in [0.2, 0.25) is 0 Å². The maximum absolute atomic E-state index is 10.0. The van der Waals surface area contributed by atoms with Crippen LogP contribution in [-0.2, 0) is 0 Å². The largest absolute Gasteiger partial charge is 0.298 e.